The molecule has 1 amide bonds. The van der Waals surface area contributed by atoms with Crippen LogP contribution in [0, 0.1) is 0 Å². The van der Waals surface area contributed by atoms with Gasteiger partial charge in [-0.25, -0.2) is 4.98 Å². The highest BCUT2D eigenvalue weighted by atomic mass is 35.5. The molecule has 3 rings (SSSR count). The zero-order valence-corrected chi connectivity index (χ0v) is 14.2. The Labute approximate surface area is 141 Å². The SMILES string of the molecule is CC(C)c1noc(CCC(=O)Nc2nc3ccc(Cl)cc3s2)n1. The third-order valence-corrected chi connectivity index (χ3v) is 4.33. The van der Waals surface area contributed by atoms with E-state index in [-0.39, 0.29) is 18.2 Å². The summed E-state index contributed by atoms with van der Waals surface area (Å²) in [5.74, 6) is 1.19. The van der Waals surface area contributed by atoms with Gasteiger partial charge in [0, 0.05) is 23.8 Å². The van der Waals surface area contributed by atoms with Crippen molar-refractivity contribution in [3.05, 3.63) is 34.9 Å². The number of hydrogen-bond acceptors (Lipinski definition) is 6. The molecule has 1 aromatic carbocycles. The minimum atomic E-state index is -0.139. The maximum absolute atomic E-state index is 12.0. The van der Waals surface area contributed by atoms with Crippen LogP contribution in [0.2, 0.25) is 5.02 Å². The topological polar surface area (TPSA) is 80.9 Å². The van der Waals surface area contributed by atoms with Crippen LogP contribution in [0.3, 0.4) is 0 Å². The Hall–Kier alpha value is -1.99. The molecular weight excluding hydrogens is 336 g/mol. The zero-order chi connectivity index (χ0) is 16.4. The van der Waals surface area contributed by atoms with Crippen LogP contribution in [0.15, 0.2) is 22.7 Å². The summed E-state index contributed by atoms with van der Waals surface area (Å²) in [7, 11) is 0. The number of benzene rings is 1. The van der Waals surface area contributed by atoms with Gasteiger partial charge in [0.25, 0.3) is 0 Å². The molecule has 8 heteroatoms. The largest absolute Gasteiger partial charge is 0.339 e. The second-order valence-electron chi connectivity index (χ2n) is 5.38. The van der Waals surface area contributed by atoms with E-state index in [4.69, 9.17) is 16.1 Å². The minimum absolute atomic E-state index is 0.139. The molecule has 0 aliphatic carbocycles. The van der Waals surface area contributed by atoms with E-state index in [1.165, 1.54) is 11.3 Å². The molecule has 0 radical (unpaired) electrons. The molecule has 2 heterocycles. The van der Waals surface area contributed by atoms with E-state index in [1.54, 1.807) is 6.07 Å². The van der Waals surface area contributed by atoms with Crippen LogP contribution >= 0.6 is 22.9 Å². The average Bonchev–Trinajstić information content (AvgIpc) is 3.10. The molecule has 120 valence electrons. The molecule has 0 bridgehead atoms. The lowest BCUT2D eigenvalue weighted by atomic mass is 10.2. The van der Waals surface area contributed by atoms with E-state index in [9.17, 15) is 4.79 Å². The summed E-state index contributed by atoms with van der Waals surface area (Å²) in [4.78, 5) is 20.6. The Morgan fingerprint density at radius 2 is 2.22 bits per heavy atom. The summed E-state index contributed by atoms with van der Waals surface area (Å²) in [5, 5.41) is 7.87. The summed E-state index contributed by atoms with van der Waals surface area (Å²) in [5.41, 5.74) is 0.813. The van der Waals surface area contributed by atoms with Gasteiger partial charge in [-0.15, -0.1) is 0 Å². The van der Waals surface area contributed by atoms with E-state index in [2.05, 4.69) is 20.4 Å². The van der Waals surface area contributed by atoms with Crippen molar-refractivity contribution in [2.24, 2.45) is 0 Å². The van der Waals surface area contributed by atoms with E-state index in [0.29, 0.717) is 28.3 Å². The van der Waals surface area contributed by atoms with Crippen molar-refractivity contribution in [1.82, 2.24) is 15.1 Å². The zero-order valence-electron chi connectivity index (χ0n) is 12.7. The third-order valence-electron chi connectivity index (χ3n) is 3.16. The van der Waals surface area contributed by atoms with Gasteiger partial charge in [0.05, 0.1) is 10.2 Å². The van der Waals surface area contributed by atoms with E-state index >= 15 is 0 Å². The molecule has 0 atom stereocenters. The Bertz CT molecular complexity index is 843. The van der Waals surface area contributed by atoms with Gasteiger partial charge in [-0.05, 0) is 18.2 Å². The first-order valence-electron chi connectivity index (χ1n) is 7.19. The molecule has 3 aromatic rings. The molecule has 2 aromatic heterocycles. The van der Waals surface area contributed by atoms with Crippen molar-refractivity contribution in [3.8, 4) is 0 Å². The lowest BCUT2D eigenvalue weighted by Crippen LogP contribution is -2.12. The first kappa shape index (κ1) is 15.9. The minimum Gasteiger partial charge on any atom is -0.339 e. The van der Waals surface area contributed by atoms with Gasteiger partial charge < -0.3 is 9.84 Å². The quantitative estimate of drug-likeness (QED) is 0.751. The number of aryl methyl sites for hydroxylation is 1. The van der Waals surface area contributed by atoms with Crippen LogP contribution in [0.1, 0.15) is 37.9 Å². The van der Waals surface area contributed by atoms with Crippen LogP contribution in [0.25, 0.3) is 10.2 Å². The van der Waals surface area contributed by atoms with Gasteiger partial charge in [0.1, 0.15) is 0 Å². The summed E-state index contributed by atoms with van der Waals surface area (Å²) in [6, 6.07) is 5.43. The van der Waals surface area contributed by atoms with Crippen LogP contribution in [-0.2, 0) is 11.2 Å². The third kappa shape index (κ3) is 3.86. The van der Waals surface area contributed by atoms with Crippen molar-refractivity contribution in [1.29, 1.82) is 0 Å². The Morgan fingerprint density at radius 3 is 2.96 bits per heavy atom. The maximum Gasteiger partial charge on any atom is 0.227 e. The molecule has 23 heavy (non-hydrogen) atoms. The number of fused-ring (bicyclic) bond motifs is 1. The molecule has 0 fully saturated rings. The second-order valence-corrected chi connectivity index (χ2v) is 6.85. The number of carbonyl (C=O) groups is 1. The molecule has 0 aliphatic heterocycles. The molecule has 1 N–H and O–H groups in total. The number of nitrogens with zero attached hydrogens (tertiary/aromatic N) is 3. The number of aromatic nitrogens is 3. The lowest BCUT2D eigenvalue weighted by Gasteiger charge is -1.98. The van der Waals surface area contributed by atoms with Gasteiger partial charge in [0.15, 0.2) is 11.0 Å². The number of anilines is 1. The smallest absolute Gasteiger partial charge is 0.227 e. The lowest BCUT2D eigenvalue weighted by molar-refractivity contribution is -0.116. The standard InChI is InChI=1S/C15H15ClN4O2S/c1-8(2)14-19-13(22-20-14)6-5-12(21)18-15-17-10-4-3-9(16)7-11(10)23-15/h3-4,7-8H,5-6H2,1-2H3,(H,17,18,21). The number of nitrogens with one attached hydrogen (secondary N) is 1. The Balaban J connectivity index is 1.59. The summed E-state index contributed by atoms with van der Waals surface area (Å²) < 4.78 is 6.06. The summed E-state index contributed by atoms with van der Waals surface area (Å²) in [6.45, 7) is 3.97. The summed E-state index contributed by atoms with van der Waals surface area (Å²) in [6.07, 6.45) is 0.665. The highest BCUT2D eigenvalue weighted by molar-refractivity contribution is 7.22. The van der Waals surface area contributed by atoms with Crippen molar-refractivity contribution < 1.29 is 9.32 Å². The molecule has 0 unspecified atom stereocenters. The molecule has 0 aliphatic rings. The highest BCUT2D eigenvalue weighted by Gasteiger charge is 2.13. The van der Waals surface area contributed by atoms with Crippen molar-refractivity contribution >= 4 is 44.2 Å². The van der Waals surface area contributed by atoms with Gasteiger partial charge in [-0.1, -0.05) is 41.9 Å². The Kier molecular flexibility index (Phi) is 4.58. The number of amides is 1. The highest BCUT2D eigenvalue weighted by Crippen LogP contribution is 2.28. The van der Waals surface area contributed by atoms with Crippen LogP contribution in [0.4, 0.5) is 5.13 Å². The van der Waals surface area contributed by atoms with Crippen molar-refractivity contribution in [3.63, 3.8) is 0 Å². The van der Waals surface area contributed by atoms with Crippen LogP contribution in [0.5, 0.6) is 0 Å². The molecular formula is C15H15ClN4O2S. The maximum atomic E-state index is 12.0. The predicted octanol–water partition coefficient (Wildman–Crippen LogP) is 4.03. The van der Waals surface area contributed by atoms with Gasteiger partial charge in [-0.2, -0.15) is 4.98 Å². The number of halogens is 1. The molecule has 0 saturated carbocycles. The predicted molar refractivity (Wildman–Crippen MR) is 90.0 cm³/mol. The van der Waals surface area contributed by atoms with Crippen LogP contribution in [-0.4, -0.2) is 21.0 Å². The number of carbonyl (C=O) groups excluding carboxylic acids is 1. The van der Waals surface area contributed by atoms with Gasteiger partial charge in [-0.3, -0.25) is 4.79 Å². The van der Waals surface area contributed by atoms with Gasteiger partial charge in [0.2, 0.25) is 11.8 Å². The van der Waals surface area contributed by atoms with E-state index in [1.807, 2.05) is 26.0 Å². The van der Waals surface area contributed by atoms with E-state index < -0.39 is 0 Å². The Morgan fingerprint density at radius 1 is 1.39 bits per heavy atom. The fourth-order valence-electron chi connectivity index (χ4n) is 1.96. The first-order chi connectivity index (χ1) is 11.0. The second kappa shape index (κ2) is 6.64. The molecule has 6 nitrogen and oxygen atoms in total. The number of rotatable bonds is 5. The fraction of sp³-hybridized carbons (Fsp3) is 0.333. The summed E-state index contributed by atoms with van der Waals surface area (Å²) >= 11 is 7.33. The number of thiazole rings is 1. The van der Waals surface area contributed by atoms with Crippen LogP contribution < -0.4 is 5.32 Å². The normalized spacial score (nSPS) is 11.3. The fourth-order valence-corrected chi connectivity index (χ4v) is 3.12. The monoisotopic (exact) mass is 350 g/mol. The molecule has 0 saturated heterocycles. The van der Waals surface area contributed by atoms with Gasteiger partial charge >= 0.3 is 0 Å². The van der Waals surface area contributed by atoms with Crippen molar-refractivity contribution in [2.75, 3.05) is 5.32 Å². The van der Waals surface area contributed by atoms with E-state index in [0.717, 1.165) is 10.2 Å². The average molecular weight is 351 g/mol. The number of hydrogen-bond donors (Lipinski definition) is 1. The first-order valence-corrected chi connectivity index (χ1v) is 8.39. The molecule has 0 spiro atoms. The van der Waals surface area contributed by atoms with Crippen molar-refractivity contribution in [2.45, 2.75) is 32.6 Å².